The third-order valence-electron chi connectivity index (χ3n) is 5.04. The highest BCUT2D eigenvalue weighted by Crippen LogP contribution is 2.47. The number of pyridine rings is 1. The van der Waals surface area contributed by atoms with Gasteiger partial charge in [0.2, 0.25) is 0 Å². The van der Waals surface area contributed by atoms with Crippen LogP contribution in [0.4, 0.5) is 0 Å². The molecule has 2 fully saturated rings. The highest BCUT2D eigenvalue weighted by molar-refractivity contribution is 5.99. The van der Waals surface area contributed by atoms with Crippen LogP contribution in [0, 0.1) is 0 Å². The highest BCUT2D eigenvalue weighted by Gasteiger charge is 2.36. The molecule has 2 aliphatic carbocycles. The maximum Gasteiger partial charge on any atom is 0.328 e. The SMILES string of the molecule is COC(=O)[C@@H](Cc1cnc[nH]1)NC(=O)c1c(C2CC2)cncc1C1CC1. The number of hydrogen-bond acceptors (Lipinski definition) is 5. The van der Waals surface area contributed by atoms with Gasteiger partial charge in [0.15, 0.2) is 0 Å². The van der Waals surface area contributed by atoms with E-state index in [2.05, 4.69) is 20.3 Å². The van der Waals surface area contributed by atoms with Crippen LogP contribution in [0.1, 0.15) is 64.7 Å². The fourth-order valence-corrected chi connectivity index (χ4v) is 3.35. The maximum absolute atomic E-state index is 13.1. The molecular formula is C19H22N4O3. The smallest absolute Gasteiger partial charge is 0.328 e. The second-order valence-electron chi connectivity index (χ2n) is 7.07. The summed E-state index contributed by atoms with van der Waals surface area (Å²) < 4.78 is 4.88. The Kier molecular flexibility index (Phi) is 4.44. The van der Waals surface area contributed by atoms with Crippen LogP contribution < -0.4 is 5.32 Å². The summed E-state index contributed by atoms with van der Waals surface area (Å²) in [4.78, 5) is 36.6. The van der Waals surface area contributed by atoms with Gasteiger partial charge < -0.3 is 15.0 Å². The molecule has 1 amide bonds. The molecule has 0 aromatic carbocycles. The molecular weight excluding hydrogens is 332 g/mol. The third-order valence-corrected chi connectivity index (χ3v) is 5.04. The number of amides is 1. The lowest BCUT2D eigenvalue weighted by Crippen LogP contribution is -2.43. The van der Waals surface area contributed by atoms with Crippen molar-refractivity contribution in [2.75, 3.05) is 7.11 Å². The summed E-state index contributed by atoms with van der Waals surface area (Å²) in [6.07, 6.45) is 11.5. The molecule has 26 heavy (non-hydrogen) atoms. The topological polar surface area (TPSA) is 97.0 Å². The number of H-pyrrole nitrogens is 1. The van der Waals surface area contributed by atoms with Gasteiger partial charge in [0.1, 0.15) is 6.04 Å². The van der Waals surface area contributed by atoms with Gasteiger partial charge in [-0.25, -0.2) is 9.78 Å². The van der Waals surface area contributed by atoms with Crippen molar-refractivity contribution in [3.05, 3.63) is 47.3 Å². The van der Waals surface area contributed by atoms with Gasteiger partial charge in [-0.1, -0.05) is 0 Å². The second kappa shape index (κ2) is 6.90. The molecule has 0 aliphatic heterocycles. The van der Waals surface area contributed by atoms with Crippen molar-refractivity contribution >= 4 is 11.9 Å². The molecule has 2 aromatic rings. The first kappa shape index (κ1) is 16.8. The normalized spacial score (nSPS) is 17.6. The summed E-state index contributed by atoms with van der Waals surface area (Å²) in [6, 6.07) is -0.764. The first-order valence-electron chi connectivity index (χ1n) is 9.01. The number of methoxy groups -OCH3 is 1. The molecule has 136 valence electrons. The predicted molar refractivity (Wildman–Crippen MR) is 93.7 cm³/mol. The van der Waals surface area contributed by atoms with Gasteiger partial charge in [0.05, 0.1) is 13.4 Å². The molecule has 0 radical (unpaired) electrons. The van der Waals surface area contributed by atoms with Crippen LogP contribution in [0.2, 0.25) is 0 Å². The van der Waals surface area contributed by atoms with Crippen molar-refractivity contribution in [1.82, 2.24) is 20.3 Å². The van der Waals surface area contributed by atoms with Gasteiger partial charge in [0, 0.05) is 36.3 Å². The van der Waals surface area contributed by atoms with Crippen molar-refractivity contribution in [3.8, 4) is 0 Å². The number of ether oxygens (including phenoxy) is 1. The van der Waals surface area contributed by atoms with Crippen LogP contribution in [0.3, 0.4) is 0 Å². The Hall–Kier alpha value is -2.70. The second-order valence-corrected chi connectivity index (χ2v) is 7.07. The molecule has 0 unspecified atom stereocenters. The molecule has 1 atom stereocenters. The Morgan fingerprint density at radius 2 is 1.81 bits per heavy atom. The van der Waals surface area contributed by atoms with E-state index in [0.29, 0.717) is 23.8 Å². The summed E-state index contributed by atoms with van der Waals surface area (Å²) in [7, 11) is 1.33. The molecule has 2 N–H and O–H groups in total. The lowest BCUT2D eigenvalue weighted by atomic mass is 9.97. The van der Waals surface area contributed by atoms with E-state index < -0.39 is 12.0 Å². The van der Waals surface area contributed by atoms with Crippen LogP contribution in [0.5, 0.6) is 0 Å². The van der Waals surface area contributed by atoms with Crippen LogP contribution in [-0.2, 0) is 16.0 Å². The first-order valence-corrected chi connectivity index (χ1v) is 9.01. The predicted octanol–water partition coefficient (Wildman–Crippen LogP) is 2.07. The standard InChI is InChI=1S/C19H22N4O3/c1-26-19(25)16(6-13-7-21-10-22-13)23-18(24)17-14(11-2-3-11)8-20-9-15(17)12-4-5-12/h7-12,16H,2-6H2,1H3,(H,21,22)(H,23,24)/t16-/m1/s1. The van der Waals surface area contributed by atoms with E-state index in [1.165, 1.54) is 7.11 Å². The number of rotatable bonds is 7. The minimum atomic E-state index is -0.764. The largest absolute Gasteiger partial charge is 0.467 e. The lowest BCUT2D eigenvalue weighted by Gasteiger charge is -2.19. The van der Waals surface area contributed by atoms with Crippen molar-refractivity contribution in [1.29, 1.82) is 0 Å². The quantitative estimate of drug-likeness (QED) is 0.742. The number of imidazole rings is 1. The van der Waals surface area contributed by atoms with Crippen LogP contribution in [0.25, 0.3) is 0 Å². The van der Waals surface area contributed by atoms with E-state index in [0.717, 1.165) is 42.5 Å². The zero-order valence-corrected chi connectivity index (χ0v) is 14.7. The van der Waals surface area contributed by atoms with Gasteiger partial charge in [-0.15, -0.1) is 0 Å². The van der Waals surface area contributed by atoms with Crippen molar-refractivity contribution in [3.63, 3.8) is 0 Å². The van der Waals surface area contributed by atoms with E-state index in [-0.39, 0.29) is 5.91 Å². The van der Waals surface area contributed by atoms with Crippen molar-refractivity contribution < 1.29 is 14.3 Å². The number of hydrogen-bond donors (Lipinski definition) is 2. The van der Waals surface area contributed by atoms with Crippen LogP contribution in [-0.4, -0.2) is 40.0 Å². The Labute approximate surface area is 151 Å². The maximum atomic E-state index is 13.1. The zero-order chi connectivity index (χ0) is 18.1. The van der Waals surface area contributed by atoms with Gasteiger partial charge in [-0.3, -0.25) is 9.78 Å². The van der Waals surface area contributed by atoms with Crippen molar-refractivity contribution in [2.45, 2.75) is 50.0 Å². The van der Waals surface area contributed by atoms with E-state index in [1.54, 1.807) is 24.9 Å². The van der Waals surface area contributed by atoms with Gasteiger partial charge in [-0.05, 0) is 48.6 Å². The fourth-order valence-electron chi connectivity index (χ4n) is 3.35. The molecule has 7 heteroatoms. The van der Waals surface area contributed by atoms with Crippen molar-refractivity contribution in [2.24, 2.45) is 0 Å². The number of esters is 1. The molecule has 2 heterocycles. The van der Waals surface area contributed by atoms with Crippen LogP contribution >= 0.6 is 0 Å². The van der Waals surface area contributed by atoms with E-state index >= 15 is 0 Å². The summed E-state index contributed by atoms with van der Waals surface area (Å²) in [5.41, 5.74) is 3.50. The minimum absolute atomic E-state index is 0.217. The molecule has 0 saturated heterocycles. The summed E-state index contributed by atoms with van der Waals surface area (Å²) >= 11 is 0. The third kappa shape index (κ3) is 3.47. The summed E-state index contributed by atoms with van der Waals surface area (Å²) in [5, 5.41) is 2.88. The van der Waals surface area contributed by atoms with Crippen LogP contribution in [0.15, 0.2) is 24.9 Å². The van der Waals surface area contributed by atoms with Gasteiger partial charge in [-0.2, -0.15) is 0 Å². The zero-order valence-electron chi connectivity index (χ0n) is 14.7. The number of carbonyl (C=O) groups excluding carboxylic acids is 2. The van der Waals surface area contributed by atoms with E-state index in [9.17, 15) is 9.59 Å². The monoisotopic (exact) mass is 354 g/mol. The minimum Gasteiger partial charge on any atom is -0.467 e. The van der Waals surface area contributed by atoms with E-state index in [1.807, 2.05) is 0 Å². The number of carbonyl (C=O) groups is 2. The summed E-state index contributed by atoms with van der Waals surface area (Å²) in [6.45, 7) is 0. The molecule has 7 nitrogen and oxygen atoms in total. The molecule has 4 rings (SSSR count). The van der Waals surface area contributed by atoms with Gasteiger partial charge in [0.25, 0.3) is 5.91 Å². The molecule has 2 aliphatic rings. The number of aromatic amines is 1. The molecule has 0 bridgehead atoms. The average molecular weight is 354 g/mol. The van der Waals surface area contributed by atoms with Gasteiger partial charge >= 0.3 is 5.97 Å². The Balaban J connectivity index is 1.60. The Morgan fingerprint density at radius 3 is 2.31 bits per heavy atom. The Morgan fingerprint density at radius 1 is 1.15 bits per heavy atom. The number of aromatic nitrogens is 3. The fraction of sp³-hybridized carbons (Fsp3) is 0.474. The molecule has 0 spiro atoms. The number of nitrogens with one attached hydrogen (secondary N) is 2. The molecule has 2 saturated carbocycles. The summed E-state index contributed by atoms with van der Waals surface area (Å²) in [5.74, 6) is 0.131. The van der Waals surface area contributed by atoms with E-state index in [4.69, 9.17) is 4.74 Å². The highest BCUT2D eigenvalue weighted by atomic mass is 16.5. The number of nitrogens with zero attached hydrogens (tertiary/aromatic N) is 2. The molecule has 2 aromatic heterocycles. The lowest BCUT2D eigenvalue weighted by molar-refractivity contribution is -0.142. The Bertz CT molecular complexity index is 780. The average Bonchev–Trinajstić information content (AvgIpc) is 3.58. The first-order chi connectivity index (χ1) is 12.7.